The number of pyridine rings is 1. The molecule has 26 heavy (non-hydrogen) atoms. The van der Waals surface area contributed by atoms with Crippen molar-refractivity contribution >= 4 is 22.8 Å². The van der Waals surface area contributed by atoms with Gasteiger partial charge in [-0.05, 0) is 30.7 Å². The number of hydrogen-bond acceptors (Lipinski definition) is 5. The minimum Gasteiger partial charge on any atom is -0.462 e. The molecule has 5 heteroatoms. The Hall–Kier alpha value is -3.21. The second-order valence-corrected chi connectivity index (χ2v) is 5.76. The maximum absolute atomic E-state index is 12.7. The quantitative estimate of drug-likeness (QED) is 0.375. The van der Waals surface area contributed by atoms with Gasteiger partial charge in [0.25, 0.3) is 0 Å². The minimum absolute atomic E-state index is 0.168. The van der Waals surface area contributed by atoms with Gasteiger partial charge in [0, 0.05) is 11.6 Å². The van der Waals surface area contributed by atoms with E-state index in [1.54, 1.807) is 42.6 Å². The first-order chi connectivity index (χ1) is 12.7. The van der Waals surface area contributed by atoms with Gasteiger partial charge in [-0.25, -0.2) is 9.59 Å². The van der Waals surface area contributed by atoms with Crippen LogP contribution in [0.4, 0.5) is 0 Å². The van der Waals surface area contributed by atoms with Crippen LogP contribution in [0.15, 0.2) is 60.8 Å². The van der Waals surface area contributed by atoms with E-state index in [9.17, 15) is 9.59 Å². The molecule has 132 valence electrons. The van der Waals surface area contributed by atoms with E-state index in [-0.39, 0.29) is 11.1 Å². The Balaban J connectivity index is 1.85. The van der Waals surface area contributed by atoms with E-state index in [1.807, 2.05) is 25.1 Å². The van der Waals surface area contributed by atoms with E-state index in [0.717, 1.165) is 18.2 Å². The Labute approximate surface area is 151 Å². The molecule has 0 spiro atoms. The zero-order valence-electron chi connectivity index (χ0n) is 14.5. The van der Waals surface area contributed by atoms with Crippen LogP contribution in [0.5, 0.6) is 5.75 Å². The molecule has 0 saturated heterocycles. The van der Waals surface area contributed by atoms with Crippen LogP contribution in [0.2, 0.25) is 0 Å². The van der Waals surface area contributed by atoms with Crippen LogP contribution in [-0.4, -0.2) is 23.5 Å². The fourth-order valence-electron chi connectivity index (χ4n) is 2.54. The molecular formula is C21H19NO4. The molecule has 5 nitrogen and oxygen atoms in total. The lowest BCUT2D eigenvalue weighted by Gasteiger charge is -2.10. The van der Waals surface area contributed by atoms with Crippen molar-refractivity contribution in [3.8, 4) is 5.75 Å². The van der Waals surface area contributed by atoms with Crippen molar-refractivity contribution in [3.05, 3.63) is 71.9 Å². The predicted octanol–water partition coefficient (Wildman–Crippen LogP) is 4.41. The Morgan fingerprint density at radius 2 is 1.65 bits per heavy atom. The van der Waals surface area contributed by atoms with E-state index in [4.69, 9.17) is 9.47 Å². The summed E-state index contributed by atoms with van der Waals surface area (Å²) in [5.74, 6) is -0.796. The van der Waals surface area contributed by atoms with E-state index in [1.165, 1.54) is 0 Å². The molecule has 3 aromatic rings. The van der Waals surface area contributed by atoms with Crippen molar-refractivity contribution in [1.29, 1.82) is 0 Å². The van der Waals surface area contributed by atoms with Crippen LogP contribution < -0.4 is 4.74 Å². The number of carbonyl (C=O) groups excluding carboxylic acids is 2. The molecule has 0 N–H and O–H groups in total. The normalized spacial score (nSPS) is 10.5. The number of fused-ring (bicyclic) bond motifs is 1. The summed E-state index contributed by atoms with van der Waals surface area (Å²) in [5, 5.41) is 0.866. The molecule has 2 aromatic carbocycles. The van der Waals surface area contributed by atoms with Crippen molar-refractivity contribution in [2.75, 3.05) is 6.61 Å². The highest BCUT2D eigenvalue weighted by molar-refractivity contribution is 6.04. The summed E-state index contributed by atoms with van der Waals surface area (Å²) in [6.07, 6.45) is 3.34. The number of hydrogen-bond donors (Lipinski definition) is 0. The lowest BCUT2D eigenvalue weighted by molar-refractivity contribution is 0.0491. The second-order valence-electron chi connectivity index (χ2n) is 5.76. The number of unbranched alkanes of at least 4 members (excludes halogenated alkanes) is 1. The van der Waals surface area contributed by atoms with E-state index < -0.39 is 11.9 Å². The molecule has 1 heterocycles. The Morgan fingerprint density at radius 3 is 2.42 bits per heavy atom. The van der Waals surface area contributed by atoms with Crippen LogP contribution in [0.25, 0.3) is 10.9 Å². The fraction of sp³-hybridized carbons (Fsp3) is 0.190. The monoisotopic (exact) mass is 349 g/mol. The summed E-state index contributed by atoms with van der Waals surface area (Å²) >= 11 is 0. The third kappa shape index (κ3) is 3.88. The molecule has 1 aromatic heterocycles. The van der Waals surface area contributed by atoms with E-state index in [0.29, 0.717) is 17.9 Å². The van der Waals surface area contributed by atoms with Gasteiger partial charge in [-0.1, -0.05) is 43.7 Å². The largest absolute Gasteiger partial charge is 0.462 e. The highest BCUT2D eigenvalue weighted by Gasteiger charge is 2.20. The molecular weight excluding hydrogens is 330 g/mol. The van der Waals surface area contributed by atoms with E-state index >= 15 is 0 Å². The lowest BCUT2D eigenvalue weighted by Crippen LogP contribution is -2.16. The van der Waals surface area contributed by atoms with Gasteiger partial charge in [0.2, 0.25) is 0 Å². The van der Waals surface area contributed by atoms with Gasteiger partial charge < -0.3 is 9.47 Å². The number of para-hydroxylation sites is 1. The van der Waals surface area contributed by atoms with Gasteiger partial charge >= 0.3 is 11.9 Å². The topological polar surface area (TPSA) is 65.5 Å². The number of aromatic nitrogens is 1. The number of carbonyl (C=O) groups is 2. The molecule has 0 radical (unpaired) electrons. The second kappa shape index (κ2) is 8.25. The number of rotatable bonds is 6. The summed E-state index contributed by atoms with van der Waals surface area (Å²) in [4.78, 5) is 29.2. The number of ether oxygens (including phenoxy) is 2. The van der Waals surface area contributed by atoms with Crippen LogP contribution in [0, 0.1) is 0 Å². The summed E-state index contributed by atoms with van der Waals surface area (Å²) in [6, 6.07) is 15.5. The highest BCUT2D eigenvalue weighted by atomic mass is 16.5. The molecule has 0 aliphatic carbocycles. The average molecular weight is 349 g/mol. The number of nitrogens with zero attached hydrogens (tertiary/aromatic N) is 1. The maximum Gasteiger partial charge on any atom is 0.344 e. The first kappa shape index (κ1) is 17.6. The number of esters is 2. The van der Waals surface area contributed by atoms with Gasteiger partial charge in [0.1, 0.15) is 5.52 Å². The van der Waals surface area contributed by atoms with Crippen molar-refractivity contribution in [1.82, 2.24) is 4.98 Å². The van der Waals surface area contributed by atoms with Gasteiger partial charge in [0.15, 0.2) is 5.75 Å². The van der Waals surface area contributed by atoms with Crippen LogP contribution in [0.1, 0.15) is 40.5 Å². The predicted molar refractivity (Wildman–Crippen MR) is 98.3 cm³/mol. The fourth-order valence-corrected chi connectivity index (χ4v) is 2.54. The SMILES string of the molecule is CCCCOC(=O)c1ccccc1C(=O)Oc1cccc2cccnc12. The minimum atomic E-state index is -0.619. The van der Waals surface area contributed by atoms with Crippen LogP contribution in [0.3, 0.4) is 0 Å². The first-order valence-electron chi connectivity index (χ1n) is 8.52. The molecule has 0 bridgehead atoms. The molecule has 0 amide bonds. The molecule has 0 saturated carbocycles. The Bertz CT molecular complexity index is 931. The lowest BCUT2D eigenvalue weighted by atomic mass is 10.1. The van der Waals surface area contributed by atoms with Crippen molar-refractivity contribution in [2.24, 2.45) is 0 Å². The molecule has 0 unspecified atom stereocenters. The Morgan fingerprint density at radius 1 is 0.923 bits per heavy atom. The maximum atomic E-state index is 12.7. The number of benzene rings is 2. The third-order valence-corrected chi connectivity index (χ3v) is 3.90. The summed E-state index contributed by atoms with van der Waals surface area (Å²) in [7, 11) is 0. The highest BCUT2D eigenvalue weighted by Crippen LogP contribution is 2.24. The summed E-state index contributed by atoms with van der Waals surface area (Å²) in [5.41, 5.74) is 0.954. The molecule has 0 aliphatic rings. The summed E-state index contributed by atoms with van der Waals surface area (Å²) < 4.78 is 10.7. The Kier molecular flexibility index (Phi) is 5.59. The standard InChI is InChI=1S/C21H19NO4/c1-2-3-14-25-20(23)16-10-4-5-11-17(16)21(24)26-18-12-6-8-15-9-7-13-22-19(15)18/h4-13H,2-3,14H2,1H3. The van der Waals surface area contributed by atoms with Gasteiger partial charge in [0.05, 0.1) is 17.7 Å². The van der Waals surface area contributed by atoms with Crippen LogP contribution in [-0.2, 0) is 4.74 Å². The molecule has 0 atom stereocenters. The van der Waals surface area contributed by atoms with Gasteiger partial charge in [-0.15, -0.1) is 0 Å². The van der Waals surface area contributed by atoms with Crippen molar-refractivity contribution < 1.29 is 19.1 Å². The van der Waals surface area contributed by atoms with Gasteiger partial charge in [-0.2, -0.15) is 0 Å². The van der Waals surface area contributed by atoms with Crippen LogP contribution >= 0.6 is 0 Å². The zero-order valence-corrected chi connectivity index (χ0v) is 14.5. The zero-order chi connectivity index (χ0) is 18.4. The third-order valence-electron chi connectivity index (χ3n) is 3.90. The molecule has 0 fully saturated rings. The van der Waals surface area contributed by atoms with E-state index in [2.05, 4.69) is 4.98 Å². The smallest absolute Gasteiger partial charge is 0.344 e. The average Bonchev–Trinajstić information content (AvgIpc) is 2.68. The first-order valence-corrected chi connectivity index (χ1v) is 8.52. The molecule has 3 rings (SSSR count). The van der Waals surface area contributed by atoms with Gasteiger partial charge in [-0.3, -0.25) is 4.98 Å². The molecule has 0 aliphatic heterocycles. The summed E-state index contributed by atoms with van der Waals surface area (Å²) in [6.45, 7) is 2.34. The van der Waals surface area contributed by atoms with Crippen molar-refractivity contribution in [3.63, 3.8) is 0 Å². The van der Waals surface area contributed by atoms with Crippen molar-refractivity contribution in [2.45, 2.75) is 19.8 Å².